The Hall–Kier alpha value is -3.03. The summed E-state index contributed by atoms with van der Waals surface area (Å²) in [4.78, 5) is 11.2. The molecule has 6 nitrogen and oxygen atoms in total. The second kappa shape index (κ2) is 7.90. The van der Waals surface area contributed by atoms with Gasteiger partial charge < -0.3 is 20.4 Å². The third-order valence-corrected chi connectivity index (χ3v) is 6.48. The second-order valence-corrected chi connectivity index (χ2v) is 8.46. The summed E-state index contributed by atoms with van der Waals surface area (Å²) in [7, 11) is 0. The number of hydrogen-bond donors (Lipinski definition) is 3. The average molecular weight is 420 g/mol. The van der Waals surface area contributed by atoms with Crippen molar-refractivity contribution < 1.29 is 14.6 Å². The number of fused-ring (bicyclic) bond motifs is 1. The van der Waals surface area contributed by atoms with Crippen molar-refractivity contribution in [1.29, 1.82) is 0 Å². The fourth-order valence-electron chi connectivity index (χ4n) is 4.84. The van der Waals surface area contributed by atoms with Crippen LogP contribution in [0.3, 0.4) is 0 Å². The Bertz CT molecular complexity index is 1040. The smallest absolute Gasteiger partial charge is 0.136 e. The molecule has 7 heteroatoms. The van der Waals surface area contributed by atoms with Crippen LogP contribution in [-0.4, -0.2) is 51.7 Å². The maximum absolute atomic E-state index is 13.6. The van der Waals surface area contributed by atoms with Gasteiger partial charge in [-0.05, 0) is 47.7 Å². The minimum atomic E-state index is -0.862. The summed E-state index contributed by atoms with van der Waals surface area (Å²) < 4.78 is 13.6. The molecule has 3 N–H and O–H groups in total. The van der Waals surface area contributed by atoms with Gasteiger partial charge in [-0.3, -0.25) is 0 Å². The summed E-state index contributed by atoms with van der Waals surface area (Å²) in [6, 6.07) is 15.9. The van der Waals surface area contributed by atoms with Gasteiger partial charge in [0.25, 0.3) is 0 Å². The Kier molecular flexibility index (Phi) is 5.08. The van der Waals surface area contributed by atoms with E-state index in [0.29, 0.717) is 6.42 Å². The van der Waals surface area contributed by atoms with Crippen molar-refractivity contribution in [2.75, 3.05) is 5.32 Å². The van der Waals surface area contributed by atoms with E-state index in [1.54, 1.807) is 18.5 Å². The zero-order valence-electron chi connectivity index (χ0n) is 17.1. The first-order valence-corrected chi connectivity index (χ1v) is 10.6. The van der Waals surface area contributed by atoms with E-state index in [4.69, 9.17) is 0 Å². The molecule has 0 saturated heterocycles. The molecule has 2 aliphatic heterocycles. The number of halogens is 1. The van der Waals surface area contributed by atoms with Gasteiger partial charge in [0.2, 0.25) is 0 Å². The Labute approximate surface area is 180 Å². The van der Waals surface area contributed by atoms with E-state index >= 15 is 0 Å². The van der Waals surface area contributed by atoms with Gasteiger partial charge in [-0.1, -0.05) is 37.3 Å². The van der Waals surface area contributed by atoms with Crippen molar-refractivity contribution >= 4 is 23.4 Å². The topological polar surface area (TPSA) is 80.5 Å². The zero-order valence-corrected chi connectivity index (χ0v) is 17.1. The molecule has 3 aliphatic rings. The third-order valence-electron chi connectivity index (χ3n) is 6.48. The van der Waals surface area contributed by atoms with Gasteiger partial charge in [-0.2, -0.15) is 0 Å². The molecule has 0 bridgehead atoms. The molecule has 2 aromatic rings. The number of nitrogens with one attached hydrogen (secondary N) is 1. The summed E-state index contributed by atoms with van der Waals surface area (Å²) in [6.45, 7) is 1.94. The highest BCUT2D eigenvalue weighted by Crippen LogP contribution is 2.43. The molecular weight excluding hydrogens is 395 g/mol. The van der Waals surface area contributed by atoms with E-state index in [1.807, 2.05) is 48.4 Å². The van der Waals surface area contributed by atoms with Crippen LogP contribution in [0.1, 0.15) is 18.9 Å². The number of aliphatic hydroxyl groups excluding tert-OH is 2. The van der Waals surface area contributed by atoms with Gasteiger partial charge in [-0.25, -0.2) is 14.4 Å². The van der Waals surface area contributed by atoms with Crippen molar-refractivity contribution in [3.8, 4) is 0 Å². The molecule has 0 aromatic heterocycles. The van der Waals surface area contributed by atoms with Crippen molar-refractivity contribution in [2.45, 2.75) is 37.8 Å². The fraction of sp³-hybridized carbons (Fsp3) is 0.333. The Morgan fingerprint density at radius 2 is 1.77 bits per heavy atom. The van der Waals surface area contributed by atoms with Crippen molar-refractivity contribution in [3.63, 3.8) is 0 Å². The van der Waals surface area contributed by atoms with Crippen LogP contribution in [0.2, 0.25) is 0 Å². The lowest BCUT2D eigenvalue weighted by molar-refractivity contribution is -0.00617. The molecule has 0 spiro atoms. The first-order valence-electron chi connectivity index (χ1n) is 10.6. The van der Waals surface area contributed by atoms with Crippen LogP contribution in [0.15, 0.2) is 70.8 Å². The lowest BCUT2D eigenvalue weighted by atomic mass is 9.91. The molecular formula is C24H25FN4O2. The van der Waals surface area contributed by atoms with E-state index < -0.39 is 12.2 Å². The molecule has 5 rings (SSSR count). The van der Waals surface area contributed by atoms with Gasteiger partial charge in [0, 0.05) is 11.9 Å². The summed E-state index contributed by atoms with van der Waals surface area (Å²) >= 11 is 0. The Balaban J connectivity index is 1.53. The van der Waals surface area contributed by atoms with E-state index in [-0.39, 0.29) is 29.9 Å². The number of nitrogens with zero attached hydrogens (tertiary/aromatic N) is 3. The van der Waals surface area contributed by atoms with Gasteiger partial charge in [0.05, 0.1) is 18.1 Å². The summed E-state index contributed by atoms with van der Waals surface area (Å²) in [5.41, 5.74) is 2.74. The first-order chi connectivity index (χ1) is 15.0. The fourth-order valence-corrected chi connectivity index (χ4v) is 4.84. The molecule has 160 valence electrons. The number of para-hydroxylation sites is 1. The van der Waals surface area contributed by atoms with Crippen LogP contribution < -0.4 is 5.32 Å². The maximum atomic E-state index is 13.6. The lowest BCUT2D eigenvalue weighted by Gasteiger charge is -2.35. The predicted molar refractivity (Wildman–Crippen MR) is 119 cm³/mol. The molecule has 1 fully saturated rings. The number of anilines is 1. The van der Waals surface area contributed by atoms with Crippen LogP contribution in [0.5, 0.6) is 0 Å². The zero-order chi connectivity index (χ0) is 21.5. The highest BCUT2D eigenvalue weighted by molar-refractivity contribution is 6.09. The van der Waals surface area contributed by atoms with Crippen molar-refractivity contribution in [1.82, 2.24) is 4.90 Å². The average Bonchev–Trinajstić information content (AvgIpc) is 3.29. The largest absolute Gasteiger partial charge is 0.390 e. The summed E-state index contributed by atoms with van der Waals surface area (Å²) in [5, 5.41) is 24.5. The van der Waals surface area contributed by atoms with E-state index in [0.717, 1.165) is 22.7 Å². The summed E-state index contributed by atoms with van der Waals surface area (Å²) in [6.07, 6.45) is 2.26. The normalized spacial score (nSPS) is 31.9. The standard InChI is InChI=1S/C24H25FN4O2/c1-14-11-19(22(31)21(14)30)29-12-18(15-7-9-16(25)10-8-15)20-23(26-13-27-24(20)29)28-17-5-3-2-4-6-17/h2-10,12-14,19-22,24,30-31H,11H2,1H3,(H,26,27,28). The molecule has 2 aromatic carbocycles. The van der Waals surface area contributed by atoms with Gasteiger partial charge in [0.15, 0.2) is 0 Å². The van der Waals surface area contributed by atoms with Crippen molar-refractivity contribution in [2.24, 2.45) is 21.8 Å². The third kappa shape index (κ3) is 3.54. The van der Waals surface area contributed by atoms with E-state index in [1.165, 1.54) is 12.1 Å². The number of rotatable bonds is 3. The predicted octanol–water partition coefficient (Wildman–Crippen LogP) is 3.11. The Morgan fingerprint density at radius 3 is 2.45 bits per heavy atom. The lowest BCUT2D eigenvalue weighted by Crippen LogP contribution is -2.47. The number of aliphatic hydroxyl groups is 2. The van der Waals surface area contributed by atoms with Crippen LogP contribution in [0.4, 0.5) is 10.1 Å². The monoisotopic (exact) mass is 420 g/mol. The van der Waals surface area contributed by atoms with Gasteiger partial charge in [-0.15, -0.1) is 0 Å². The van der Waals surface area contributed by atoms with Crippen LogP contribution in [-0.2, 0) is 0 Å². The minimum Gasteiger partial charge on any atom is -0.390 e. The van der Waals surface area contributed by atoms with Crippen LogP contribution in [0, 0.1) is 17.7 Å². The number of hydrogen-bond acceptors (Lipinski definition) is 6. The quantitative estimate of drug-likeness (QED) is 0.713. The van der Waals surface area contributed by atoms with Gasteiger partial charge >= 0.3 is 0 Å². The molecule has 6 atom stereocenters. The number of amidine groups is 1. The van der Waals surface area contributed by atoms with Crippen LogP contribution in [0.25, 0.3) is 5.57 Å². The molecule has 2 heterocycles. The van der Waals surface area contributed by atoms with Crippen LogP contribution >= 0.6 is 0 Å². The minimum absolute atomic E-state index is 0.00938. The first kappa shape index (κ1) is 19.9. The molecule has 1 aliphatic carbocycles. The highest BCUT2D eigenvalue weighted by atomic mass is 19.1. The van der Waals surface area contributed by atoms with Crippen molar-refractivity contribution in [3.05, 3.63) is 72.2 Å². The highest BCUT2D eigenvalue weighted by Gasteiger charge is 2.49. The molecule has 31 heavy (non-hydrogen) atoms. The molecule has 1 saturated carbocycles. The molecule has 0 radical (unpaired) electrons. The van der Waals surface area contributed by atoms with Gasteiger partial charge in [0.1, 0.15) is 30.3 Å². The molecule has 6 unspecified atom stereocenters. The number of aliphatic imine (C=N–C) groups is 2. The van der Waals surface area contributed by atoms with E-state index in [9.17, 15) is 14.6 Å². The molecule has 0 amide bonds. The van der Waals surface area contributed by atoms with E-state index in [2.05, 4.69) is 15.3 Å². The summed E-state index contributed by atoms with van der Waals surface area (Å²) in [5.74, 6) is 0.225. The number of benzene rings is 2. The SMILES string of the molecule is CC1CC(N2C=C(c3ccc(F)cc3)C3C(Nc4ccccc4)=NC=NC32)C(O)C1O. The maximum Gasteiger partial charge on any atom is 0.136 e. The second-order valence-electron chi connectivity index (χ2n) is 8.46. The Morgan fingerprint density at radius 1 is 1.03 bits per heavy atom.